The van der Waals surface area contributed by atoms with E-state index >= 15 is 0 Å². The van der Waals surface area contributed by atoms with E-state index in [1.54, 1.807) is 12.1 Å². The largest absolute Gasteiger partial charge is 0.507 e. The molecule has 0 unspecified atom stereocenters. The highest BCUT2D eigenvalue weighted by Gasteiger charge is 2.23. The maximum atomic E-state index is 13.2. The third-order valence-electron chi connectivity index (χ3n) is 4.92. The van der Waals surface area contributed by atoms with Crippen LogP contribution in [0.15, 0.2) is 59.6 Å². The van der Waals surface area contributed by atoms with E-state index in [0.717, 1.165) is 17.0 Å². The van der Waals surface area contributed by atoms with Crippen molar-refractivity contribution < 1.29 is 23.1 Å². The second kappa shape index (κ2) is 8.32. The van der Waals surface area contributed by atoms with Crippen molar-refractivity contribution in [1.29, 1.82) is 0 Å². The minimum Gasteiger partial charge on any atom is -0.507 e. The maximum Gasteiger partial charge on any atom is 0.263 e. The molecule has 0 fully saturated rings. The molecule has 5 N–H and O–H groups in total. The Bertz CT molecular complexity index is 1280. The SMILES string of the molecule is NC(=O)c1cc2c(cc1O)NCCOC/C=C\Cn1ccc3ccc(cc31)NS2(=O)=O. The number of hydrogen-bond acceptors (Lipinski definition) is 6. The molecule has 162 valence electrons. The van der Waals surface area contributed by atoms with Gasteiger partial charge in [-0.15, -0.1) is 0 Å². The molecule has 2 bridgehead atoms. The Balaban J connectivity index is 1.82. The first-order chi connectivity index (χ1) is 14.8. The number of aromatic hydroxyl groups is 1. The number of allylic oxidation sites excluding steroid dienone is 1. The monoisotopic (exact) mass is 442 g/mol. The van der Waals surface area contributed by atoms with Gasteiger partial charge in [0.2, 0.25) is 0 Å². The van der Waals surface area contributed by atoms with Crippen molar-refractivity contribution in [2.24, 2.45) is 5.73 Å². The van der Waals surface area contributed by atoms with Gasteiger partial charge in [-0.1, -0.05) is 18.2 Å². The summed E-state index contributed by atoms with van der Waals surface area (Å²) in [7, 11) is -4.11. The van der Waals surface area contributed by atoms with Crippen molar-refractivity contribution in [3.63, 3.8) is 0 Å². The Morgan fingerprint density at radius 1 is 1.16 bits per heavy atom. The lowest BCUT2D eigenvalue weighted by Crippen LogP contribution is -2.19. The normalized spacial score (nSPS) is 17.4. The number of carbonyl (C=O) groups is 1. The van der Waals surface area contributed by atoms with Gasteiger partial charge in [-0.3, -0.25) is 9.52 Å². The summed E-state index contributed by atoms with van der Waals surface area (Å²) in [6.07, 6.45) is 5.83. The fourth-order valence-electron chi connectivity index (χ4n) is 3.41. The molecule has 0 atom stereocenters. The minimum atomic E-state index is -4.11. The van der Waals surface area contributed by atoms with Gasteiger partial charge in [0.1, 0.15) is 10.6 Å². The Morgan fingerprint density at radius 2 is 2.00 bits per heavy atom. The smallest absolute Gasteiger partial charge is 0.263 e. The lowest BCUT2D eigenvalue weighted by molar-refractivity contribution is 0.0997. The van der Waals surface area contributed by atoms with Gasteiger partial charge >= 0.3 is 0 Å². The summed E-state index contributed by atoms with van der Waals surface area (Å²) in [6.45, 7) is 1.62. The number of anilines is 2. The summed E-state index contributed by atoms with van der Waals surface area (Å²) in [4.78, 5) is 11.5. The summed E-state index contributed by atoms with van der Waals surface area (Å²) < 4.78 is 36.5. The third-order valence-corrected chi connectivity index (χ3v) is 6.34. The number of hydrogen-bond donors (Lipinski definition) is 4. The predicted octanol–water partition coefficient (Wildman–Crippen LogP) is 2.24. The van der Waals surface area contributed by atoms with Crippen molar-refractivity contribution in [3.8, 4) is 5.75 Å². The van der Waals surface area contributed by atoms with Crippen molar-refractivity contribution >= 4 is 38.2 Å². The van der Waals surface area contributed by atoms with Crippen molar-refractivity contribution in [2.75, 3.05) is 29.8 Å². The molecule has 0 saturated heterocycles. The summed E-state index contributed by atoms with van der Waals surface area (Å²) in [5, 5.41) is 14.0. The number of amides is 1. The van der Waals surface area contributed by atoms with Crippen molar-refractivity contribution in [3.05, 3.63) is 60.3 Å². The standard InChI is InChI=1S/C21H22N4O5S/c22-21(27)16-12-20-17(13-19(16)26)23-6-10-30-9-2-1-7-25-8-5-14-3-4-15(11-18(14)25)24-31(20,28)29/h1-5,8,11-13,23-24,26H,6-7,9-10H2,(H2,22,27)/b2-1-. The number of nitrogens with two attached hydrogens (primary N) is 1. The number of aromatic nitrogens is 1. The number of phenols is 1. The van der Waals surface area contributed by atoms with E-state index in [4.69, 9.17) is 10.5 Å². The van der Waals surface area contributed by atoms with E-state index in [-0.39, 0.29) is 16.1 Å². The summed E-state index contributed by atoms with van der Waals surface area (Å²) in [5.74, 6) is -1.34. The number of fused-ring (bicyclic) bond motifs is 2. The van der Waals surface area contributed by atoms with Crippen LogP contribution in [-0.4, -0.2) is 43.8 Å². The third kappa shape index (κ3) is 4.35. The molecule has 1 aromatic heterocycles. The molecule has 0 saturated carbocycles. The van der Waals surface area contributed by atoms with Crippen LogP contribution in [0, 0.1) is 0 Å². The number of nitrogens with zero attached hydrogens (tertiary/aromatic N) is 1. The van der Waals surface area contributed by atoms with Gasteiger partial charge in [-0.2, -0.15) is 0 Å². The van der Waals surface area contributed by atoms with E-state index in [1.807, 2.05) is 35.0 Å². The van der Waals surface area contributed by atoms with Gasteiger partial charge in [0, 0.05) is 25.4 Å². The topological polar surface area (TPSA) is 136 Å². The number of carbonyl (C=O) groups excluding carboxylic acids is 1. The Labute approximate surface area is 179 Å². The van der Waals surface area contributed by atoms with Crippen LogP contribution in [0.2, 0.25) is 0 Å². The molecule has 0 aliphatic carbocycles. The molecule has 0 spiro atoms. The molecule has 1 aliphatic rings. The molecule has 0 radical (unpaired) electrons. The van der Waals surface area contributed by atoms with Crippen LogP contribution in [0.4, 0.5) is 11.4 Å². The highest BCUT2D eigenvalue weighted by Crippen LogP contribution is 2.31. The summed E-state index contributed by atoms with van der Waals surface area (Å²) >= 11 is 0. The molecule has 3 aromatic rings. The summed E-state index contributed by atoms with van der Waals surface area (Å²) in [6, 6.07) is 9.42. The number of sulfonamides is 1. The zero-order valence-corrected chi connectivity index (χ0v) is 17.4. The number of rotatable bonds is 1. The highest BCUT2D eigenvalue weighted by molar-refractivity contribution is 7.92. The zero-order chi connectivity index (χ0) is 22.0. The second-order valence-electron chi connectivity index (χ2n) is 7.05. The van der Waals surface area contributed by atoms with Crippen LogP contribution in [0.25, 0.3) is 10.9 Å². The molecule has 1 amide bonds. The average molecular weight is 442 g/mol. The van der Waals surface area contributed by atoms with Gasteiger partial charge in [-0.25, -0.2) is 8.42 Å². The van der Waals surface area contributed by atoms with Crippen LogP contribution in [-0.2, 0) is 21.3 Å². The molecule has 4 rings (SSSR count). The first-order valence-electron chi connectivity index (χ1n) is 9.60. The lowest BCUT2D eigenvalue weighted by atomic mass is 10.1. The van der Waals surface area contributed by atoms with Crippen molar-refractivity contribution in [2.45, 2.75) is 11.4 Å². The molecule has 10 heteroatoms. The quantitative estimate of drug-likeness (QED) is 0.427. The Kier molecular flexibility index (Phi) is 5.57. The maximum absolute atomic E-state index is 13.2. The molecule has 9 nitrogen and oxygen atoms in total. The minimum absolute atomic E-state index is 0.130. The lowest BCUT2D eigenvalue weighted by Gasteiger charge is -2.16. The van der Waals surface area contributed by atoms with Gasteiger partial charge in [0.15, 0.2) is 0 Å². The first kappa shape index (κ1) is 20.8. The van der Waals surface area contributed by atoms with E-state index in [0.29, 0.717) is 32.0 Å². The fourth-order valence-corrected chi connectivity index (χ4v) is 4.65. The zero-order valence-electron chi connectivity index (χ0n) is 16.5. The Morgan fingerprint density at radius 3 is 2.81 bits per heavy atom. The van der Waals surface area contributed by atoms with Crippen LogP contribution < -0.4 is 15.8 Å². The number of nitrogens with one attached hydrogen (secondary N) is 2. The van der Waals surface area contributed by atoms with Gasteiger partial charge in [0.25, 0.3) is 15.9 Å². The van der Waals surface area contributed by atoms with Gasteiger partial charge < -0.3 is 25.5 Å². The molecule has 31 heavy (non-hydrogen) atoms. The van der Waals surface area contributed by atoms with Crippen molar-refractivity contribution in [1.82, 2.24) is 4.57 Å². The summed E-state index contributed by atoms with van der Waals surface area (Å²) in [5.41, 5.74) is 6.37. The number of benzene rings is 2. The van der Waals surface area contributed by atoms with E-state index in [2.05, 4.69) is 10.0 Å². The van der Waals surface area contributed by atoms with Gasteiger partial charge in [0.05, 0.1) is 35.7 Å². The number of ether oxygens (including phenoxy) is 1. The van der Waals surface area contributed by atoms with E-state index in [1.165, 1.54) is 6.07 Å². The van der Waals surface area contributed by atoms with Crippen LogP contribution >= 0.6 is 0 Å². The number of primary amides is 1. The molecule has 2 heterocycles. The molecular formula is C21H22N4O5S. The second-order valence-corrected chi connectivity index (χ2v) is 8.70. The molecule has 1 aliphatic heterocycles. The van der Waals surface area contributed by atoms with Gasteiger partial charge in [-0.05, 0) is 29.7 Å². The Hall–Kier alpha value is -3.50. The average Bonchev–Trinajstić information content (AvgIpc) is 3.10. The van der Waals surface area contributed by atoms with Crippen LogP contribution in [0.5, 0.6) is 5.75 Å². The van der Waals surface area contributed by atoms with E-state index < -0.39 is 21.7 Å². The fraction of sp³-hybridized carbons (Fsp3) is 0.190. The predicted molar refractivity (Wildman–Crippen MR) is 118 cm³/mol. The van der Waals surface area contributed by atoms with Crippen LogP contribution in [0.3, 0.4) is 0 Å². The highest BCUT2D eigenvalue weighted by atomic mass is 32.2. The first-order valence-corrected chi connectivity index (χ1v) is 11.1. The van der Waals surface area contributed by atoms with Crippen LogP contribution in [0.1, 0.15) is 10.4 Å². The molecular weight excluding hydrogens is 420 g/mol. The molecule has 2 aromatic carbocycles. The van der Waals surface area contributed by atoms with E-state index in [9.17, 15) is 18.3 Å².